The Balaban J connectivity index is 1.39. The van der Waals surface area contributed by atoms with Gasteiger partial charge in [-0.15, -0.1) is 0 Å². The Morgan fingerprint density at radius 1 is 1.00 bits per heavy atom. The zero-order chi connectivity index (χ0) is 30.4. The summed E-state index contributed by atoms with van der Waals surface area (Å²) in [7, 11) is 0. The Morgan fingerprint density at radius 3 is 2.28 bits per heavy atom. The van der Waals surface area contributed by atoms with Gasteiger partial charge in [-0.05, 0) is 48.9 Å². The number of hydrogen-bond donors (Lipinski definition) is 3. The topological polar surface area (TPSA) is 108 Å². The summed E-state index contributed by atoms with van der Waals surface area (Å²) >= 11 is 6.40. The van der Waals surface area contributed by atoms with Gasteiger partial charge >= 0.3 is 0 Å². The van der Waals surface area contributed by atoms with Crippen LogP contribution in [-0.2, 0) is 32.1 Å². The highest BCUT2D eigenvalue weighted by molar-refractivity contribution is 6.33. The number of carbonyl (C=O) groups is 3. The van der Waals surface area contributed by atoms with Crippen molar-refractivity contribution >= 4 is 35.0 Å². The fourth-order valence-electron chi connectivity index (χ4n) is 7.57. The molecule has 3 saturated heterocycles. The van der Waals surface area contributed by atoms with Crippen LogP contribution in [0.3, 0.4) is 0 Å². The van der Waals surface area contributed by atoms with Crippen molar-refractivity contribution < 1.29 is 24.2 Å². The first-order valence-corrected chi connectivity index (χ1v) is 15.1. The van der Waals surface area contributed by atoms with Crippen molar-refractivity contribution in [3.05, 3.63) is 101 Å². The number of para-hydroxylation sites is 1. The molecule has 7 atom stereocenters. The van der Waals surface area contributed by atoms with Crippen LogP contribution < -0.4 is 10.6 Å². The van der Waals surface area contributed by atoms with Crippen molar-refractivity contribution in [2.45, 2.75) is 56.5 Å². The lowest BCUT2D eigenvalue weighted by Crippen LogP contribution is -2.57. The summed E-state index contributed by atoms with van der Waals surface area (Å²) in [5, 5.41) is 17.0. The summed E-state index contributed by atoms with van der Waals surface area (Å²) in [6.07, 6.45) is 0.752. The molecule has 3 N–H and O–H groups in total. The van der Waals surface area contributed by atoms with Crippen LogP contribution in [0.25, 0.3) is 0 Å². The van der Waals surface area contributed by atoms with Gasteiger partial charge in [0.25, 0.3) is 0 Å². The summed E-state index contributed by atoms with van der Waals surface area (Å²) in [4.78, 5) is 44.3. The Kier molecular flexibility index (Phi) is 7.79. The molecular formula is C34H36ClN3O5. The molecule has 9 heteroatoms. The quantitative estimate of drug-likeness (QED) is 0.341. The first-order chi connectivity index (χ1) is 20.7. The number of ether oxygens (including phenoxy) is 1. The molecule has 3 fully saturated rings. The molecule has 2 bridgehead atoms. The maximum atomic E-state index is 14.6. The van der Waals surface area contributed by atoms with E-state index < -0.39 is 41.0 Å². The van der Waals surface area contributed by atoms with Crippen molar-refractivity contribution in [1.82, 2.24) is 10.2 Å². The van der Waals surface area contributed by atoms with E-state index in [2.05, 4.69) is 10.6 Å². The highest BCUT2D eigenvalue weighted by Gasteiger charge is 2.80. The standard InChI is InChI=1S/C34H36ClN3O5/c1-21-18-34-28(27(33(21,2)43-34)30(40)36-19-23-13-7-4-8-14-23)32(42)38(24(20-39)17-22-11-5-3-6-12-22)29(34)31(41)37-26-16-10-9-15-25(26)35/h3-16,21,24,27-29,39H,17-20H2,1-2H3,(H,36,40)(H,37,41)/t21?,24-,27-,28+,29?,33+,34?/m1/s1. The fraction of sp³-hybridized carbons (Fsp3) is 0.382. The lowest BCUT2D eigenvalue weighted by molar-refractivity contribution is -0.149. The number of carbonyl (C=O) groups excluding carboxylic acids is 3. The molecule has 0 radical (unpaired) electrons. The minimum absolute atomic E-state index is 0.110. The number of nitrogens with one attached hydrogen (secondary N) is 2. The predicted molar refractivity (Wildman–Crippen MR) is 163 cm³/mol. The molecule has 0 aromatic heterocycles. The summed E-state index contributed by atoms with van der Waals surface area (Å²) in [5.41, 5.74) is 0.0537. The van der Waals surface area contributed by atoms with Crippen LogP contribution in [0.2, 0.25) is 5.02 Å². The average molecular weight is 602 g/mol. The molecule has 6 rings (SSSR count). The lowest BCUT2D eigenvalue weighted by atomic mass is 9.62. The van der Waals surface area contributed by atoms with Gasteiger partial charge in [0.05, 0.1) is 40.8 Å². The van der Waals surface area contributed by atoms with Gasteiger partial charge in [0.1, 0.15) is 11.6 Å². The molecule has 0 aliphatic carbocycles. The van der Waals surface area contributed by atoms with Crippen molar-refractivity contribution in [1.29, 1.82) is 0 Å². The molecule has 3 unspecified atom stereocenters. The predicted octanol–water partition coefficient (Wildman–Crippen LogP) is 4.21. The van der Waals surface area contributed by atoms with E-state index in [0.717, 1.165) is 11.1 Å². The van der Waals surface area contributed by atoms with Gasteiger partial charge in [-0.3, -0.25) is 14.4 Å². The summed E-state index contributed by atoms with van der Waals surface area (Å²) in [5.74, 6) is -2.92. The molecule has 1 spiro atoms. The number of halogens is 1. The van der Waals surface area contributed by atoms with Gasteiger partial charge in [0, 0.05) is 6.54 Å². The number of nitrogens with zero attached hydrogens (tertiary/aromatic N) is 1. The number of amides is 3. The molecule has 3 aliphatic heterocycles. The zero-order valence-corrected chi connectivity index (χ0v) is 25.0. The van der Waals surface area contributed by atoms with Gasteiger partial charge in [0.15, 0.2) is 0 Å². The van der Waals surface area contributed by atoms with Crippen LogP contribution in [0.5, 0.6) is 0 Å². The first-order valence-electron chi connectivity index (χ1n) is 14.7. The smallest absolute Gasteiger partial charge is 0.250 e. The molecule has 3 amide bonds. The van der Waals surface area contributed by atoms with E-state index in [-0.39, 0.29) is 24.3 Å². The van der Waals surface area contributed by atoms with Crippen molar-refractivity contribution in [3.8, 4) is 0 Å². The highest BCUT2D eigenvalue weighted by atomic mass is 35.5. The monoisotopic (exact) mass is 601 g/mol. The van der Waals surface area contributed by atoms with E-state index in [0.29, 0.717) is 30.1 Å². The molecule has 3 aromatic rings. The molecule has 224 valence electrons. The average Bonchev–Trinajstić information content (AvgIpc) is 3.53. The number of likely N-dealkylation sites (tertiary alicyclic amines) is 1. The minimum atomic E-state index is -1.25. The van der Waals surface area contributed by atoms with Crippen molar-refractivity contribution in [3.63, 3.8) is 0 Å². The lowest BCUT2D eigenvalue weighted by Gasteiger charge is -2.37. The third-order valence-corrected chi connectivity index (χ3v) is 9.97. The largest absolute Gasteiger partial charge is 0.394 e. The number of aliphatic hydroxyl groups is 1. The molecule has 8 nitrogen and oxygen atoms in total. The second-order valence-corrected chi connectivity index (χ2v) is 12.6. The molecule has 43 heavy (non-hydrogen) atoms. The molecule has 3 aliphatic rings. The van der Waals surface area contributed by atoms with Crippen LogP contribution in [-0.4, -0.2) is 57.6 Å². The number of anilines is 1. The maximum Gasteiger partial charge on any atom is 0.250 e. The Bertz CT molecular complexity index is 1520. The van der Waals surface area contributed by atoms with Crippen LogP contribution in [0.1, 0.15) is 31.4 Å². The second-order valence-electron chi connectivity index (χ2n) is 12.1. The van der Waals surface area contributed by atoms with Crippen LogP contribution in [0.4, 0.5) is 5.69 Å². The molecule has 3 heterocycles. The van der Waals surface area contributed by atoms with E-state index in [9.17, 15) is 19.5 Å². The SMILES string of the molecule is CC1CC23O[C@]1(C)[C@@H](C(=O)NCc1ccccc1)[C@H]2C(=O)N([C@@H](CO)Cc1ccccc1)C3C(=O)Nc1ccccc1Cl. The Labute approximate surface area is 256 Å². The van der Waals surface area contributed by atoms with Gasteiger partial charge in [0.2, 0.25) is 17.7 Å². The normalized spacial score (nSPS) is 29.8. The van der Waals surface area contributed by atoms with Crippen LogP contribution >= 0.6 is 11.6 Å². The van der Waals surface area contributed by atoms with Crippen molar-refractivity contribution in [2.75, 3.05) is 11.9 Å². The van der Waals surface area contributed by atoms with Gasteiger partial charge < -0.3 is 25.4 Å². The second kappa shape index (κ2) is 11.4. The van der Waals surface area contributed by atoms with Gasteiger partial charge in [-0.1, -0.05) is 91.3 Å². The summed E-state index contributed by atoms with van der Waals surface area (Å²) < 4.78 is 6.82. The zero-order valence-electron chi connectivity index (χ0n) is 24.2. The van der Waals surface area contributed by atoms with E-state index in [4.69, 9.17) is 16.3 Å². The third-order valence-electron chi connectivity index (χ3n) is 9.64. The number of fused-ring (bicyclic) bond motifs is 1. The number of aliphatic hydroxyl groups excluding tert-OH is 1. The van der Waals surface area contributed by atoms with Gasteiger partial charge in [-0.2, -0.15) is 0 Å². The minimum Gasteiger partial charge on any atom is -0.394 e. The van der Waals surface area contributed by atoms with Crippen LogP contribution in [0, 0.1) is 17.8 Å². The van der Waals surface area contributed by atoms with E-state index in [1.54, 1.807) is 24.3 Å². The van der Waals surface area contributed by atoms with Crippen molar-refractivity contribution in [2.24, 2.45) is 17.8 Å². The first kappa shape index (κ1) is 29.4. The molecular weight excluding hydrogens is 566 g/mol. The number of hydrogen-bond acceptors (Lipinski definition) is 5. The van der Waals surface area contributed by atoms with E-state index in [1.165, 1.54) is 4.90 Å². The molecule has 0 saturated carbocycles. The van der Waals surface area contributed by atoms with E-state index in [1.807, 2.05) is 74.5 Å². The Hall–Kier alpha value is -3.72. The van der Waals surface area contributed by atoms with Gasteiger partial charge in [-0.25, -0.2) is 0 Å². The maximum absolute atomic E-state index is 14.6. The highest BCUT2D eigenvalue weighted by Crippen LogP contribution is 2.65. The van der Waals surface area contributed by atoms with E-state index >= 15 is 0 Å². The third kappa shape index (κ3) is 4.91. The summed E-state index contributed by atoms with van der Waals surface area (Å²) in [6.45, 7) is 3.83. The fourth-order valence-corrected chi connectivity index (χ4v) is 7.75. The number of rotatable bonds is 9. The van der Waals surface area contributed by atoms with Crippen LogP contribution in [0.15, 0.2) is 84.9 Å². The Morgan fingerprint density at radius 2 is 1.63 bits per heavy atom. The summed E-state index contributed by atoms with van der Waals surface area (Å²) in [6, 6.07) is 24.2. The number of benzene rings is 3. The molecule has 3 aromatic carbocycles.